The van der Waals surface area contributed by atoms with E-state index in [9.17, 15) is 23.1 Å². The largest absolute Gasteiger partial charge is 0.496 e. The van der Waals surface area contributed by atoms with Gasteiger partial charge in [0.15, 0.2) is 0 Å². The van der Waals surface area contributed by atoms with E-state index in [0.29, 0.717) is 11.3 Å². The van der Waals surface area contributed by atoms with Gasteiger partial charge in [-0.1, -0.05) is 24.3 Å². The maximum atomic E-state index is 12.6. The Bertz CT molecular complexity index is 735. The normalized spacial score (nSPS) is 12.4. The molecule has 8 heteroatoms. The number of rotatable bonds is 5. The SMILES string of the molecule is COc1ccccc1[C@H](O)CNC(=O)Nc1cccc(C(F)(F)F)c1. The molecule has 0 radical (unpaired) electrons. The summed E-state index contributed by atoms with van der Waals surface area (Å²) in [7, 11) is 1.46. The molecule has 2 amide bonds. The maximum Gasteiger partial charge on any atom is 0.416 e. The fourth-order valence-electron chi connectivity index (χ4n) is 2.19. The monoisotopic (exact) mass is 354 g/mol. The van der Waals surface area contributed by atoms with E-state index in [2.05, 4.69) is 10.6 Å². The molecule has 1 atom stereocenters. The van der Waals surface area contributed by atoms with Gasteiger partial charge in [0.05, 0.1) is 18.8 Å². The van der Waals surface area contributed by atoms with Gasteiger partial charge in [0.1, 0.15) is 5.75 Å². The van der Waals surface area contributed by atoms with Gasteiger partial charge in [0.25, 0.3) is 0 Å². The number of carbonyl (C=O) groups excluding carboxylic acids is 1. The third kappa shape index (κ3) is 5.12. The number of ether oxygens (including phenoxy) is 1. The van der Waals surface area contributed by atoms with Gasteiger partial charge in [-0.2, -0.15) is 13.2 Å². The zero-order chi connectivity index (χ0) is 18.4. The minimum atomic E-state index is -4.49. The molecule has 0 heterocycles. The van der Waals surface area contributed by atoms with Crippen LogP contribution in [-0.2, 0) is 6.18 Å². The van der Waals surface area contributed by atoms with Crippen LogP contribution in [0.5, 0.6) is 5.75 Å². The topological polar surface area (TPSA) is 70.6 Å². The molecule has 25 heavy (non-hydrogen) atoms. The number of alkyl halides is 3. The van der Waals surface area contributed by atoms with E-state index in [1.165, 1.54) is 19.2 Å². The molecule has 0 unspecified atom stereocenters. The standard InChI is InChI=1S/C17H17F3N2O3/c1-25-15-8-3-2-7-13(15)14(23)10-21-16(24)22-12-6-4-5-11(9-12)17(18,19)20/h2-9,14,23H,10H2,1H3,(H2,21,22,24)/t14-/m1/s1. The fraction of sp³-hybridized carbons (Fsp3) is 0.235. The van der Waals surface area contributed by atoms with Crippen LogP contribution in [0.2, 0.25) is 0 Å². The quantitative estimate of drug-likeness (QED) is 0.769. The summed E-state index contributed by atoms with van der Waals surface area (Å²) in [5, 5.41) is 14.8. The zero-order valence-corrected chi connectivity index (χ0v) is 13.3. The molecule has 0 saturated heterocycles. The van der Waals surface area contributed by atoms with Gasteiger partial charge in [-0.3, -0.25) is 0 Å². The molecule has 0 saturated carbocycles. The average molecular weight is 354 g/mol. The van der Waals surface area contributed by atoms with Crippen molar-refractivity contribution in [3.63, 3.8) is 0 Å². The van der Waals surface area contributed by atoms with E-state index in [-0.39, 0.29) is 12.2 Å². The highest BCUT2D eigenvalue weighted by Gasteiger charge is 2.30. The van der Waals surface area contributed by atoms with Crippen LogP contribution >= 0.6 is 0 Å². The van der Waals surface area contributed by atoms with Crippen LogP contribution in [0.15, 0.2) is 48.5 Å². The summed E-state index contributed by atoms with van der Waals surface area (Å²) in [5.41, 5.74) is -0.372. The van der Waals surface area contributed by atoms with E-state index in [1.807, 2.05) is 0 Å². The average Bonchev–Trinajstić information content (AvgIpc) is 2.59. The van der Waals surface area contributed by atoms with Crippen LogP contribution in [0.25, 0.3) is 0 Å². The number of nitrogens with one attached hydrogen (secondary N) is 2. The van der Waals surface area contributed by atoms with E-state index in [4.69, 9.17) is 4.74 Å². The summed E-state index contributed by atoms with van der Waals surface area (Å²) in [6.45, 7) is -0.134. The molecular weight excluding hydrogens is 337 g/mol. The summed E-state index contributed by atoms with van der Waals surface area (Å²) in [6, 6.07) is 10.3. The molecule has 0 aliphatic heterocycles. The van der Waals surface area contributed by atoms with Gasteiger partial charge >= 0.3 is 12.2 Å². The Hall–Kier alpha value is -2.74. The number of benzene rings is 2. The number of aliphatic hydroxyl groups excluding tert-OH is 1. The van der Waals surface area contributed by atoms with Crippen molar-refractivity contribution in [3.05, 3.63) is 59.7 Å². The Kier molecular flexibility index (Phi) is 5.87. The molecule has 5 nitrogen and oxygen atoms in total. The van der Waals surface area contributed by atoms with Crippen LogP contribution in [0, 0.1) is 0 Å². The first-order chi connectivity index (χ1) is 11.8. The molecule has 0 spiro atoms. The van der Waals surface area contributed by atoms with Crippen molar-refractivity contribution in [2.24, 2.45) is 0 Å². The number of carbonyl (C=O) groups is 1. The second kappa shape index (κ2) is 7.89. The molecule has 2 rings (SSSR count). The second-order valence-electron chi connectivity index (χ2n) is 5.17. The fourth-order valence-corrected chi connectivity index (χ4v) is 2.19. The van der Waals surface area contributed by atoms with Gasteiger partial charge in [-0.05, 0) is 24.3 Å². The van der Waals surface area contributed by atoms with E-state index < -0.39 is 23.9 Å². The molecule has 0 bridgehead atoms. The molecular formula is C17H17F3N2O3. The smallest absolute Gasteiger partial charge is 0.416 e. The molecule has 2 aromatic rings. The number of amides is 2. The molecule has 3 N–H and O–H groups in total. The molecule has 0 fully saturated rings. The van der Waals surface area contributed by atoms with Crippen LogP contribution in [0.3, 0.4) is 0 Å². The van der Waals surface area contributed by atoms with Crippen LogP contribution < -0.4 is 15.4 Å². The molecule has 0 aliphatic rings. The molecule has 0 aliphatic carbocycles. The van der Waals surface area contributed by atoms with E-state index >= 15 is 0 Å². The van der Waals surface area contributed by atoms with Gasteiger partial charge in [0, 0.05) is 17.8 Å². The first-order valence-electron chi connectivity index (χ1n) is 7.34. The first-order valence-corrected chi connectivity index (χ1v) is 7.34. The molecule has 2 aromatic carbocycles. The minimum Gasteiger partial charge on any atom is -0.496 e. The number of para-hydroxylation sites is 1. The lowest BCUT2D eigenvalue weighted by atomic mass is 10.1. The second-order valence-corrected chi connectivity index (χ2v) is 5.17. The van der Waals surface area contributed by atoms with Crippen molar-refractivity contribution in [2.45, 2.75) is 12.3 Å². The highest BCUT2D eigenvalue weighted by molar-refractivity contribution is 5.89. The van der Waals surface area contributed by atoms with Crippen molar-refractivity contribution < 1.29 is 27.8 Å². The zero-order valence-electron chi connectivity index (χ0n) is 13.3. The first kappa shape index (κ1) is 18.6. The van der Waals surface area contributed by atoms with Crippen LogP contribution in [-0.4, -0.2) is 24.8 Å². The Labute approximate surface area is 142 Å². The third-order valence-corrected chi connectivity index (χ3v) is 3.40. The summed E-state index contributed by atoms with van der Waals surface area (Å²) >= 11 is 0. The van der Waals surface area contributed by atoms with Gasteiger partial charge < -0.3 is 20.5 Å². The van der Waals surface area contributed by atoms with Crippen LogP contribution in [0.1, 0.15) is 17.2 Å². The number of hydrogen-bond acceptors (Lipinski definition) is 3. The summed E-state index contributed by atoms with van der Waals surface area (Å²) in [6.07, 6.45) is -5.52. The minimum absolute atomic E-state index is 0.000827. The Morgan fingerprint density at radius 2 is 1.92 bits per heavy atom. The Morgan fingerprint density at radius 1 is 1.20 bits per heavy atom. The number of methoxy groups -OCH3 is 1. The summed E-state index contributed by atoms with van der Waals surface area (Å²) in [4.78, 5) is 11.8. The number of hydrogen-bond donors (Lipinski definition) is 3. The highest BCUT2D eigenvalue weighted by Crippen LogP contribution is 2.30. The predicted octanol–water partition coefficient (Wildman–Crippen LogP) is 3.57. The van der Waals surface area contributed by atoms with Crippen molar-refractivity contribution in [1.29, 1.82) is 0 Å². The van der Waals surface area contributed by atoms with Crippen LogP contribution in [0.4, 0.5) is 23.7 Å². The summed E-state index contributed by atoms with van der Waals surface area (Å²) < 4.78 is 43.1. The highest BCUT2D eigenvalue weighted by atomic mass is 19.4. The van der Waals surface area contributed by atoms with Gasteiger partial charge in [-0.15, -0.1) is 0 Å². The number of anilines is 1. The Balaban J connectivity index is 1.95. The maximum absolute atomic E-state index is 12.6. The lowest BCUT2D eigenvalue weighted by Gasteiger charge is -2.16. The number of urea groups is 1. The van der Waals surface area contributed by atoms with Gasteiger partial charge in [-0.25, -0.2) is 4.79 Å². The van der Waals surface area contributed by atoms with Crippen molar-refractivity contribution >= 4 is 11.7 Å². The molecule has 134 valence electrons. The number of halogens is 3. The van der Waals surface area contributed by atoms with Crippen molar-refractivity contribution in [1.82, 2.24) is 5.32 Å². The third-order valence-electron chi connectivity index (χ3n) is 3.40. The van der Waals surface area contributed by atoms with Gasteiger partial charge in [0.2, 0.25) is 0 Å². The van der Waals surface area contributed by atoms with E-state index in [0.717, 1.165) is 12.1 Å². The van der Waals surface area contributed by atoms with E-state index in [1.54, 1.807) is 24.3 Å². The molecule has 0 aromatic heterocycles. The predicted molar refractivity (Wildman–Crippen MR) is 86.4 cm³/mol. The lowest BCUT2D eigenvalue weighted by molar-refractivity contribution is -0.137. The van der Waals surface area contributed by atoms with Crippen molar-refractivity contribution in [2.75, 3.05) is 19.0 Å². The summed E-state index contributed by atoms with van der Waals surface area (Å²) in [5.74, 6) is 0.468. The number of aliphatic hydroxyl groups is 1. The lowest BCUT2D eigenvalue weighted by Crippen LogP contribution is -2.32. The van der Waals surface area contributed by atoms with Crippen molar-refractivity contribution in [3.8, 4) is 5.75 Å². The Morgan fingerprint density at radius 3 is 2.60 bits per heavy atom.